The van der Waals surface area contributed by atoms with Gasteiger partial charge in [0, 0.05) is 55.2 Å². The van der Waals surface area contributed by atoms with Crippen LogP contribution in [0.25, 0.3) is 22.7 Å². The molecule has 6 aromatic rings. The van der Waals surface area contributed by atoms with Crippen molar-refractivity contribution in [2.45, 2.75) is 135 Å². The van der Waals surface area contributed by atoms with Crippen LogP contribution in [0.5, 0.6) is 0 Å². The first-order valence-corrected chi connectivity index (χ1v) is 22.9. The van der Waals surface area contributed by atoms with Crippen LogP contribution in [-0.2, 0) is 0 Å². The maximum absolute atomic E-state index is 11.2. The molecule has 346 valence electrons. The third kappa shape index (κ3) is 15.8. The number of pyridine rings is 5. The van der Waals surface area contributed by atoms with Crippen molar-refractivity contribution in [3.63, 3.8) is 0 Å². The van der Waals surface area contributed by atoms with E-state index in [-0.39, 0.29) is 16.7 Å². The van der Waals surface area contributed by atoms with Gasteiger partial charge in [-0.15, -0.1) is 0 Å². The number of aromatic nitrogens is 7. The molecule has 16 heteroatoms. The fourth-order valence-electron chi connectivity index (χ4n) is 7.99. The van der Waals surface area contributed by atoms with Crippen LogP contribution in [0.15, 0.2) is 84.3 Å². The molecule has 65 heavy (non-hydrogen) atoms. The third-order valence-corrected chi connectivity index (χ3v) is 11.8. The van der Waals surface area contributed by atoms with E-state index in [1.54, 1.807) is 18.5 Å². The highest BCUT2D eigenvalue weighted by Gasteiger charge is 2.24. The van der Waals surface area contributed by atoms with Crippen molar-refractivity contribution >= 4 is 46.2 Å². The number of nitrogen functional groups attached to an aromatic ring is 1. The minimum atomic E-state index is -1.05. The Morgan fingerprint density at radius 2 is 1.38 bits per heavy atom. The van der Waals surface area contributed by atoms with Crippen molar-refractivity contribution in [1.82, 2.24) is 34.5 Å². The standard InChI is InChI=1S/C18H18N4O2.C12H19N3.C7H8ClN.C6H5NO3.C6H13N/c23-18(24)12-10-15-16(20-11-12)22(13-6-2-1-3-7-13)17(21-15)14-8-4-5-9-19-14;1-9-7-11(13)12(14-8-9)15-10-5-3-2-4-6-10;1-5-3-6(2)7(8)9-4-5;8-5-2-1-4(3-7-5)6(9)10;7-6-4-2-1-3-5-6/h4-5,8-11,13H,1-3,6-7H2,(H,23,24);7-8,10H,2-6,13H2,1H3,(H,14,15);3-4H,1-2H3;1-3H,(H,7,8)(H,9,10);6H,1-5,7H2. The highest BCUT2D eigenvalue weighted by molar-refractivity contribution is 6.30. The van der Waals surface area contributed by atoms with Gasteiger partial charge < -0.3 is 36.5 Å². The van der Waals surface area contributed by atoms with Crippen molar-refractivity contribution in [3.8, 4) is 11.5 Å². The van der Waals surface area contributed by atoms with E-state index < -0.39 is 11.9 Å². The van der Waals surface area contributed by atoms with Gasteiger partial charge in [-0.05, 0) is 106 Å². The fourth-order valence-corrected chi connectivity index (χ4v) is 8.09. The number of H-pyrrole nitrogens is 1. The molecule has 8 N–H and O–H groups in total. The van der Waals surface area contributed by atoms with Gasteiger partial charge in [-0.3, -0.25) is 9.78 Å². The number of carbonyl (C=O) groups is 2. The largest absolute Gasteiger partial charge is 0.478 e. The topological polar surface area (TPSA) is 241 Å². The molecule has 6 aromatic heterocycles. The van der Waals surface area contributed by atoms with E-state index in [9.17, 15) is 19.5 Å². The molecule has 0 saturated heterocycles. The van der Waals surface area contributed by atoms with Crippen LogP contribution >= 0.6 is 11.6 Å². The Balaban J connectivity index is 0.000000166. The summed E-state index contributed by atoms with van der Waals surface area (Å²) in [6.07, 6.45) is 26.9. The van der Waals surface area contributed by atoms with E-state index >= 15 is 0 Å². The smallest absolute Gasteiger partial charge is 0.337 e. The maximum Gasteiger partial charge on any atom is 0.337 e. The number of nitrogens with zero attached hydrogens (tertiary/aromatic N) is 6. The first-order valence-electron chi connectivity index (χ1n) is 22.6. The molecule has 3 aliphatic rings. The van der Waals surface area contributed by atoms with Crippen LogP contribution < -0.4 is 22.3 Å². The van der Waals surface area contributed by atoms with Gasteiger partial charge in [-0.2, -0.15) is 0 Å². The number of aromatic amines is 1. The maximum atomic E-state index is 11.2. The molecule has 3 aliphatic carbocycles. The zero-order chi connectivity index (χ0) is 46.7. The lowest BCUT2D eigenvalue weighted by Crippen LogP contribution is -2.23. The Morgan fingerprint density at radius 3 is 1.92 bits per heavy atom. The zero-order valence-corrected chi connectivity index (χ0v) is 38.4. The summed E-state index contributed by atoms with van der Waals surface area (Å²) in [5.41, 5.74) is 17.7. The molecule has 0 unspecified atom stereocenters. The SMILES string of the molecule is Cc1cnc(Cl)c(C)c1.Cc1cnc(NC2CCCCC2)c(N)c1.NC1CCCCC1.O=C(O)c1ccc(=O)[nH]c1.O=C(O)c1cnc2c(c1)nc(-c1ccccn1)n2C1CCCCC1. The van der Waals surface area contributed by atoms with Crippen LogP contribution in [0.2, 0.25) is 5.15 Å². The second-order valence-corrected chi connectivity index (χ2v) is 17.2. The van der Waals surface area contributed by atoms with Crippen molar-refractivity contribution in [2.24, 2.45) is 5.73 Å². The van der Waals surface area contributed by atoms with Crippen LogP contribution in [0.4, 0.5) is 11.5 Å². The summed E-state index contributed by atoms with van der Waals surface area (Å²) in [4.78, 5) is 55.9. The average molecular weight is 908 g/mol. The van der Waals surface area contributed by atoms with Crippen molar-refractivity contribution in [1.29, 1.82) is 0 Å². The van der Waals surface area contributed by atoms with E-state index in [1.165, 1.54) is 102 Å². The zero-order valence-electron chi connectivity index (χ0n) is 37.7. The summed E-state index contributed by atoms with van der Waals surface area (Å²) in [5, 5.41) is 21.6. The Kier molecular flexibility index (Phi) is 19.4. The van der Waals surface area contributed by atoms with Crippen molar-refractivity contribution in [2.75, 3.05) is 11.1 Å². The van der Waals surface area contributed by atoms with Crippen LogP contribution in [0, 0.1) is 20.8 Å². The van der Waals surface area contributed by atoms with Gasteiger partial charge in [-0.25, -0.2) is 29.5 Å². The molecule has 9 rings (SSSR count). The van der Waals surface area contributed by atoms with Crippen molar-refractivity contribution in [3.05, 3.63) is 123 Å². The summed E-state index contributed by atoms with van der Waals surface area (Å²) < 4.78 is 2.16. The minimum Gasteiger partial charge on any atom is -0.478 e. The number of fused-ring (bicyclic) bond motifs is 1. The predicted molar refractivity (Wildman–Crippen MR) is 258 cm³/mol. The number of nitrogens with one attached hydrogen (secondary N) is 2. The van der Waals surface area contributed by atoms with Gasteiger partial charge in [0.2, 0.25) is 5.56 Å². The Labute approximate surface area is 385 Å². The number of carboxylic acid groups (broad SMARTS) is 2. The number of imidazole rings is 1. The highest BCUT2D eigenvalue weighted by Crippen LogP contribution is 2.35. The number of anilines is 2. The second-order valence-electron chi connectivity index (χ2n) is 16.9. The van der Waals surface area contributed by atoms with Gasteiger partial charge >= 0.3 is 11.9 Å². The number of nitrogens with two attached hydrogens (primary N) is 2. The minimum absolute atomic E-state index is 0.0830. The molecule has 0 bridgehead atoms. The van der Waals surface area contributed by atoms with Crippen LogP contribution in [0.1, 0.15) is 140 Å². The predicted octanol–water partition coefficient (Wildman–Crippen LogP) is 10.1. The molecule has 3 fully saturated rings. The molecule has 15 nitrogen and oxygen atoms in total. The van der Waals surface area contributed by atoms with E-state index in [1.807, 2.05) is 57.3 Å². The lowest BCUT2D eigenvalue weighted by molar-refractivity contribution is 0.0685. The summed E-state index contributed by atoms with van der Waals surface area (Å²) in [7, 11) is 0. The summed E-state index contributed by atoms with van der Waals surface area (Å²) >= 11 is 5.67. The monoisotopic (exact) mass is 906 g/mol. The van der Waals surface area contributed by atoms with Gasteiger partial charge in [0.25, 0.3) is 0 Å². The lowest BCUT2D eigenvalue weighted by atomic mass is 9.95. The van der Waals surface area contributed by atoms with Gasteiger partial charge in [-0.1, -0.05) is 81.5 Å². The number of rotatable bonds is 6. The Hall–Kier alpha value is -6.19. The summed E-state index contributed by atoms with van der Waals surface area (Å²) in [6.45, 7) is 5.95. The molecule has 6 heterocycles. The highest BCUT2D eigenvalue weighted by atomic mass is 35.5. The van der Waals surface area contributed by atoms with E-state index in [2.05, 4.69) is 39.8 Å². The number of halogens is 1. The fraction of sp³-hybridized carbons (Fsp3) is 0.429. The summed E-state index contributed by atoms with van der Waals surface area (Å²) in [6, 6.07) is 15.2. The van der Waals surface area contributed by atoms with Gasteiger partial charge in [0.1, 0.15) is 22.2 Å². The number of carboxylic acids is 2. The van der Waals surface area contributed by atoms with E-state index in [0.29, 0.717) is 28.8 Å². The number of hydrogen-bond donors (Lipinski definition) is 6. The molecular formula is C49H63ClN10O5. The molecule has 0 atom stereocenters. The number of hydrogen-bond acceptors (Lipinski definition) is 11. The third-order valence-electron chi connectivity index (χ3n) is 11.4. The van der Waals surface area contributed by atoms with E-state index in [4.69, 9.17) is 28.2 Å². The lowest BCUT2D eigenvalue weighted by Gasteiger charge is -2.25. The van der Waals surface area contributed by atoms with Gasteiger partial charge in [0.05, 0.1) is 16.8 Å². The normalized spacial score (nSPS) is 15.3. The van der Waals surface area contributed by atoms with Crippen LogP contribution in [-0.4, -0.2) is 68.7 Å². The van der Waals surface area contributed by atoms with Gasteiger partial charge in [0.15, 0.2) is 11.5 Å². The van der Waals surface area contributed by atoms with Crippen molar-refractivity contribution < 1.29 is 19.8 Å². The van der Waals surface area contributed by atoms with E-state index in [0.717, 1.165) is 64.4 Å². The second kappa shape index (κ2) is 25.3. The average Bonchev–Trinajstić information content (AvgIpc) is 3.70. The Morgan fingerprint density at radius 1 is 0.754 bits per heavy atom. The molecular weight excluding hydrogens is 844 g/mol. The molecule has 0 amide bonds. The first-order chi connectivity index (χ1) is 31.3. The summed E-state index contributed by atoms with van der Waals surface area (Å²) in [5.74, 6) is -0.410. The molecule has 0 aromatic carbocycles. The number of aryl methyl sites for hydroxylation is 3. The molecule has 0 radical (unpaired) electrons. The molecule has 3 saturated carbocycles. The first kappa shape index (κ1) is 49.8. The quantitative estimate of drug-likeness (QED) is 0.0854. The number of aromatic carboxylic acids is 2. The molecule has 0 aliphatic heterocycles. The Bertz CT molecular complexity index is 2480. The molecule has 0 spiro atoms. The van der Waals surface area contributed by atoms with Crippen LogP contribution in [0.3, 0.4) is 0 Å².